The third kappa shape index (κ3) is 2.55. The van der Waals surface area contributed by atoms with Crippen LogP contribution in [-0.4, -0.2) is 28.3 Å². The topological polar surface area (TPSA) is 85.5 Å². The second-order valence-corrected chi connectivity index (χ2v) is 4.59. The van der Waals surface area contributed by atoms with Gasteiger partial charge in [0.05, 0.1) is 5.56 Å². The van der Waals surface area contributed by atoms with Crippen molar-refractivity contribution >= 4 is 5.97 Å². The average Bonchev–Trinajstić information content (AvgIpc) is 2.97. The lowest BCUT2D eigenvalue weighted by Gasteiger charge is -2.21. The third-order valence-corrected chi connectivity index (χ3v) is 3.40. The molecule has 20 heavy (non-hydrogen) atoms. The van der Waals surface area contributed by atoms with E-state index in [9.17, 15) is 4.79 Å². The first-order chi connectivity index (χ1) is 9.50. The lowest BCUT2D eigenvalue weighted by molar-refractivity contribution is -0.0106. The molecule has 1 N–H and O–H groups in total. The summed E-state index contributed by atoms with van der Waals surface area (Å²) in [6.07, 6.45) is 0.709. The highest BCUT2D eigenvalue weighted by Crippen LogP contribution is 2.28. The van der Waals surface area contributed by atoms with Crippen molar-refractivity contribution in [2.24, 2.45) is 0 Å². The first kappa shape index (κ1) is 14.2. The van der Waals surface area contributed by atoms with Crippen LogP contribution in [-0.2, 0) is 10.3 Å². The SMILES string of the molecule is CCC(C)(OC)c1noc(-c2ccc(C(=O)O)cc2)n1. The van der Waals surface area contributed by atoms with Crippen LogP contribution in [0.3, 0.4) is 0 Å². The molecule has 1 aromatic heterocycles. The van der Waals surface area contributed by atoms with Gasteiger partial charge in [0, 0.05) is 12.7 Å². The number of methoxy groups -OCH3 is 1. The summed E-state index contributed by atoms with van der Waals surface area (Å²) in [5, 5.41) is 12.8. The molecule has 0 amide bonds. The molecule has 0 fully saturated rings. The van der Waals surface area contributed by atoms with Gasteiger partial charge in [-0.2, -0.15) is 4.98 Å². The molecule has 0 saturated carbocycles. The number of carboxylic acid groups (broad SMARTS) is 1. The van der Waals surface area contributed by atoms with E-state index >= 15 is 0 Å². The maximum Gasteiger partial charge on any atom is 0.335 e. The monoisotopic (exact) mass is 276 g/mol. The van der Waals surface area contributed by atoms with Crippen molar-refractivity contribution in [3.63, 3.8) is 0 Å². The smallest absolute Gasteiger partial charge is 0.335 e. The molecule has 106 valence electrons. The summed E-state index contributed by atoms with van der Waals surface area (Å²) < 4.78 is 10.6. The number of nitrogens with zero attached hydrogens (tertiary/aromatic N) is 2. The van der Waals surface area contributed by atoms with Gasteiger partial charge in [0.2, 0.25) is 5.82 Å². The molecule has 2 rings (SSSR count). The fourth-order valence-electron chi connectivity index (χ4n) is 1.70. The zero-order valence-corrected chi connectivity index (χ0v) is 11.6. The van der Waals surface area contributed by atoms with Crippen LogP contribution < -0.4 is 0 Å². The molecule has 0 spiro atoms. The Kier molecular flexibility index (Phi) is 3.85. The lowest BCUT2D eigenvalue weighted by atomic mass is 10.0. The van der Waals surface area contributed by atoms with Gasteiger partial charge < -0.3 is 14.4 Å². The normalized spacial score (nSPS) is 13.9. The molecule has 1 atom stereocenters. The quantitative estimate of drug-likeness (QED) is 0.903. The van der Waals surface area contributed by atoms with Crippen LogP contribution in [0.4, 0.5) is 0 Å². The summed E-state index contributed by atoms with van der Waals surface area (Å²) in [7, 11) is 1.60. The van der Waals surface area contributed by atoms with Gasteiger partial charge in [-0.3, -0.25) is 0 Å². The molecule has 0 aliphatic heterocycles. The van der Waals surface area contributed by atoms with Crippen molar-refractivity contribution in [2.75, 3.05) is 7.11 Å². The Morgan fingerprint density at radius 1 is 1.40 bits per heavy atom. The van der Waals surface area contributed by atoms with Crippen LogP contribution in [0.1, 0.15) is 36.5 Å². The highest BCUT2D eigenvalue weighted by molar-refractivity contribution is 5.88. The summed E-state index contributed by atoms with van der Waals surface area (Å²) in [4.78, 5) is 15.1. The molecular weight excluding hydrogens is 260 g/mol. The maximum atomic E-state index is 10.8. The summed E-state index contributed by atoms with van der Waals surface area (Å²) in [5.74, 6) is -0.158. The van der Waals surface area contributed by atoms with E-state index in [1.807, 2.05) is 13.8 Å². The Bertz CT molecular complexity index is 600. The minimum atomic E-state index is -0.972. The number of ether oxygens (including phenoxy) is 1. The van der Waals surface area contributed by atoms with Crippen molar-refractivity contribution in [2.45, 2.75) is 25.9 Å². The summed E-state index contributed by atoms with van der Waals surface area (Å²) in [5.41, 5.74) is 0.287. The minimum absolute atomic E-state index is 0.212. The van der Waals surface area contributed by atoms with E-state index in [2.05, 4.69) is 10.1 Å². The molecule has 1 unspecified atom stereocenters. The maximum absolute atomic E-state index is 10.8. The van der Waals surface area contributed by atoms with E-state index in [0.717, 1.165) is 0 Å². The van der Waals surface area contributed by atoms with Gasteiger partial charge in [0.15, 0.2) is 0 Å². The Morgan fingerprint density at radius 3 is 2.55 bits per heavy atom. The van der Waals surface area contributed by atoms with E-state index in [1.54, 1.807) is 19.2 Å². The summed E-state index contributed by atoms with van der Waals surface area (Å²) in [6.45, 7) is 3.86. The molecule has 0 aliphatic carbocycles. The second kappa shape index (κ2) is 5.42. The van der Waals surface area contributed by atoms with Gasteiger partial charge in [-0.25, -0.2) is 4.79 Å². The Balaban J connectivity index is 2.31. The third-order valence-electron chi connectivity index (χ3n) is 3.40. The average molecular weight is 276 g/mol. The zero-order valence-electron chi connectivity index (χ0n) is 11.6. The number of aromatic nitrogens is 2. The number of hydrogen-bond acceptors (Lipinski definition) is 5. The Morgan fingerprint density at radius 2 is 2.05 bits per heavy atom. The first-order valence-electron chi connectivity index (χ1n) is 6.23. The van der Waals surface area contributed by atoms with Crippen LogP contribution in [0, 0.1) is 0 Å². The minimum Gasteiger partial charge on any atom is -0.478 e. The lowest BCUT2D eigenvalue weighted by Crippen LogP contribution is -2.24. The molecule has 6 nitrogen and oxygen atoms in total. The van der Waals surface area contributed by atoms with Gasteiger partial charge in [0.1, 0.15) is 5.60 Å². The molecule has 0 bridgehead atoms. The van der Waals surface area contributed by atoms with Crippen LogP contribution in [0.5, 0.6) is 0 Å². The largest absolute Gasteiger partial charge is 0.478 e. The van der Waals surface area contributed by atoms with Gasteiger partial charge in [-0.1, -0.05) is 12.1 Å². The van der Waals surface area contributed by atoms with Crippen LogP contribution in [0.15, 0.2) is 28.8 Å². The van der Waals surface area contributed by atoms with Crippen LogP contribution in [0.25, 0.3) is 11.5 Å². The molecule has 1 aromatic carbocycles. The van der Waals surface area contributed by atoms with Crippen molar-refractivity contribution in [1.29, 1.82) is 0 Å². The van der Waals surface area contributed by atoms with Crippen LogP contribution >= 0.6 is 0 Å². The highest BCUT2D eigenvalue weighted by Gasteiger charge is 2.30. The molecule has 1 heterocycles. The van der Waals surface area contributed by atoms with E-state index in [-0.39, 0.29) is 5.56 Å². The van der Waals surface area contributed by atoms with E-state index in [4.69, 9.17) is 14.4 Å². The standard InChI is InChI=1S/C14H16N2O4/c1-4-14(2,19-3)13-15-11(20-16-13)9-5-7-10(8-6-9)12(17)18/h5-8H,4H2,1-3H3,(H,17,18). The number of aromatic carboxylic acids is 1. The van der Waals surface area contributed by atoms with E-state index < -0.39 is 11.6 Å². The van der Waals surface area contributed by atoms with Crippen molar-refractivity contribution in [3.8, 4) is 11.5 Å². The van der Waals surface area contributed by atoms with Gasteiger partial charge in [-0.15, -0.1) is 0 Å². The molecule has 0 saturated heterocycles. The first-order valence-corrected chi connectivity index (χ1v) is 6.23. The molecular formula is C14H16N2O4. The number of rotatable bonds is 5. The van der Waals surface area contributed by atoms with Crippen molar-refractivity contribution < 1.29 is 19.2 Å². The Labute approximate surface area is 116 Å². The van der Waals surface area contributed by atoms with E-state index in [1.165, 1.54) is 12.1 Å². The number of benzene rings is 1. The summed E-state index contributed by atoms with van der Waals surface area (Å²) >= 11 is 0. The van der Waals surface area contributed by atoms with Crippen molar-refractivity contribution in [3.05, 3.63) is 35.7 Å². The molecule has 0 radical (unpaired) electrons. The second-order valence-electron chi connectivity index (χ2n) is 4.59. The molecule has 2 aromatic rings. The highest BCUT2D eigenvalue weighted by atomic mass is 16.5. The molecule has 6 heteroatoms. The fraction of sp³-hybridized carbons (Fsp3) is 0.357. The number of carbonyl (C=O) groups is 1. The summed E-state index contributed by atoms with van der Waals surface area (Å²) in [6, 6.07) is 6.27. The van der Waals surface area contributed by atoms with Gasteiger partial charge >= 0.3 is 5.97 Å². The van der Waals surface area contributed by atoms with E-state index in [0.29, 0.717) is 23.7 Å². The van der Waals surface area contributed by atoms with Gasteiger partial charge in [-0.05, 0) is 37.6 Å². The number of carboxylic acids is 1. The predicted octanol–water partition coefficient (Wildman–Crippen LogP) is 2.71. The van der Waals surface area contributed by atoms with Crippen LogP contribution in [0.2, 0.25) is 0 Å². The molecule has 0 aliphatic rings. The Hall–Kier alpha value is -2.21. The number of hydrogen-bond donors (Lipinski definition) is 1. The van der Waals surface area contributed by atoms with Gasteiger partial charge in [0.25, 0.3) is 5.89 Å². The predicted molar refractivity (Wildman–Crippen MR) is 71.3 cm³/mol. The fourth-order valence-corrected chi connectivity index (χ4v) is 1.70. The van der Waals surface area contributed by atoms with Crippen molar-refractivity contribution in [1.82, 2.24) is 10.1 Å². The zero-order chi connectivity index (χ0) is 14.8.